The Labute approximate surface area is 98.9 Å². The summed E-state index contributed by atoms with van der Waals surface area (Å²) in [5.74, 6) is 0. The first-order valence-electron chi connectivity index (χ1n) is 6.13. The second-order valence-corrected chi connectivity index (χ2v) is 5.59. The molecule has 0 aromatic heterocycles. The maximum Gasteiger partial charge on any atom is 0.0743 e. The lowest BCUT2D eigenvalue weighted by atomic mass is 10.0. The van der Waals surface area contributed by atoms with Gasteiger partial charge in [0.15, 0.2) is 0 Å². The molecule has 0 saturated carbocycles. The first-order valence-corrected chi connectivity index (χ1v) is 6.13. The third-order valence-corrected chi connectivity index (χ3v) is 3.39. The van der Waals surface area contributed by atoms with Gasteiger partial charge < -0.3 is 15.1 Å². The number of nitrogens with zero attached hydrogens (tertiary/aromatic N) is 2. The third-order valence-electron chi connectivity index (χ3n) is 3.39. The van der Waals surface area contributed by atoms with Crippen molar-refractivity contribution in [1.29, 1.82) is 0 Å². The second-order valence-electron chi connectivity index (χ2n) is 5.59. The van der Waals surface area contributed by atoms with Gasteiger partial charge in [0.1, 0.15) is 0 Å². The average Bonchev–Trinajstić information content (AvgIpc) is 2.44. The topological polar surface area (TPSA) is 46.9 Å². The van der Waals surface area contributed by atoms with Gasteiger partial charge in [-0.2, -0.15) is 0 Å². The summed E-state index contributed by atoms with van der Waals surface area (Å²) in [5, 5.41) is 19.8. The van der Waals surface area contributed by atoms with Gasteiger partial charge in [0.25, 0.3) is 0 Å². The van der Waals surface area contributed by atoms with E-state index in [1.807, 2.05) is 27.9 Å². The van der Waals surface area contributed by atoms with Crippen molar-refractivity contribution in [2.24, 2.45) is 0 Å². The molecule has 3 atom stereocenters. The fourth-order valence-electron chi connectivity index (χ4n) is 2.31. The summed E-state index contributed by atoms with van der Waals surface area (Å²) in [5.41, 5.74) is -0.644. The van der Waals surface area contributed by atoms with Crippen molar-refractivity contribution in [3.63, 3.8) is 0 Å². The zero-order valence-electron chi connectivity index (χ0n) is 11.0. The molecule has 0 aromatic rings. The van der Waals surface area contributed by atoms with Crippen molar-refractivity contribution < 1.29 is 10.2 Å². The Hall–Kier alpha value is -0.160. The van der Waals surface area contributed by atoms with Gasteiger partial charge in [-0.3, -0.25) is 4.90 Å². The first-order chi connectivity index (χ1) is 7.34. The Morgan fingerprint density at radius 1 is 1.44 bits per heavy atom. The molecule has 0 bridgehead atoms. The predicted octanol–water partition coefficient (Wildman–Crippen LogP) is 0.144. The molecule has 3 unspecified atom stereocenters. The minimum atomic E-state index is -0.644. The number of β-amino-alcohol motifs (C(OH)–C–C–N with tert-alkyl or cyclic N) is 2. The number of rotatable bonds is 5. The number of hydrogen-bond acceptors (Lipinski definition) is 4. The molecule has 1 fully saturated rings. The summed E-state index contributed by atoms with van der Waals surface area (Å²) in [6, 6.07) is 0.364. The highest BCUT2D eigenvalue weighted by molar-refractivity contribution is 4.90. The molecule has 0 aliphatic carbocycles. The van der Waals surface area contributed by atoms with Gasteiger partial charge in [0, 0.05) is 25.7 Å². The first kappa shape index (κ1) is 13.9. The van der Waals surface area contributed by atoms with Gasteiger partial charge in [-0.05, 0) is 33.9 Å². The molecule has 16 heavy (non-hydrogen) atoms. The van der Waals surface area contributed by atoms with E-state index in [2.05, 4.69) is 9.80 Å². The average molecular weight is 230 g/mol. The van der Waals surface area contributed by atoms with E-state index in [9.17, 15) is 10.2 Å². The van der Waals surface area contributed by atoms with Gasteiger partial charge >= 0.3 is 0 Å². The highest BCUT2D eigenvalue weighted by atomic mass is 16.3. The third kappa shape index (κ3) is 4.01. The fraction of sp³-hybridized carbons (Fsp3) is 1.00. The molecule has 0 aromatic carbocycles. The summed E-state index contributed by atoms with van der Waals surface area (Å²) in [4.78, 5) is 4.35. The molecule has 1 heterocycles. The Morgan fingerprint density at radius 2 is 2.06 bits per heavy atom. The molecule has 1 aliphatic heterocycles. The normalized spacial score (nSPS) is 30.9. The summed E-state index contributed by atoms with van der Waals surface area (Å²) in [6.07, 6.45) is 1.32. The van der Waals surface area contributed by atoms with Crippen LogP contribution in [0.4, 0.5) is 0 Å². The lowest BCUT2D eigenvalue weighted by Gasteiger charge is -2.33. The Kier molecular flexibility index (Phi) is 4.73. The summed E-state index contributed by atoms with van der Waals surface area (Å²) in [7, 11) is 4.09. The van der Waals surface area contributed by atoms with Crippen molar-refractivity contribution in [3.05, 3.63) is 0 Å². The maximum absolute atomic E-state index is 10.1. The Bertz CT molecular complexity index is 219. The molecule has 0 spiro atoms. The van der Waals surface area contributed by atoms with E-state index in [4.69, 9.17) is 0 Å². The summed E-state index contributed by atoms with van der Waals surface area (Å²) in [6.45, 7) is 6.14. The molecule has 4 heteroatoms. The second kappa shape index (κ2) is 5.45. The van der Waals surface area contributed by atoms with Crippen LogP contribution in [0.1, 0.15) is 26.7 Å². The van der Waals surface area contributed by atoms with Crippen molar-refractivity contribution in [1.82, 2.24) is 9.80 Å². The number of aliphatic hydroxyl groups is 2. The van der Waals surface area contributed by atoms with E-state index in [1.165, 1.54) is 0 Å². The summed E-state index contributed by atoms with van der Waals surface area (Å²) >= 11 is 0. The molecule has 1 saturated heterocycles. The van der Waals surface area contributed by atoms with Crippen molar-refractivity contribution in [3.8, 4) is 0 Å². The van der Waals surface area contributed by atoms with E-state index >= 15 is 0 Å². The van der Waals surface area contributed by atoms with Gasteiger partial charge in [0.05, 0.1) is 11.7 Å². The molecular formula is C12H26N2O2. The Morgan fingerprint density at radius 3 is 2.56 bits per heavy atom. The number of hydrogen-bond donors (Lipinski definition) is 2. The van der Waals surface area contributed by atoms with E-state index in [-0.39, 0.29) is 6.10 Å². The smallest absolute Gasteiger partial charge is 0.0743 e. The zero-order chi connectivity index (χ0) is 12.3. The number of aliphatic hydroxyl groups excluding tert-OH is 1. The molecule has 96 valence electrons. The van der Waals surface area contributed by atoms with E-state index in [1.54, 1.807) is 0 Å². The van der Waals surface area contributed by atoms with E-state index in [0.29, 0.717) is 19.1 Å². The largest absolute Gasteiger partial charge is 0.392 e. The van der Waals surface area contributed by atoms with Crippen molar-refractivity contribution in [2.45, 2.75) is 44.4 Å². The predicted molar refractivity (Wildman–Crippen MR) is 65.5 cm³/mol. The van der Waals surface area contributed by atoms with Crippen LogP contribution in [-0.2, 0) is 0 Å². The highest BCUT2D eigenvalue weighted by Crippen LogP contribution is 2.22. The SMILES string of the molecule is CCC(C)(O)CN1CC(O)CC1CN(C)C. The minimum Gasteiger partial charge on any atom is -0.392 e. The van der Waals surface area contributed by atoms with Gasteiger partial charge in [-0.1, -0.05) is 6.92 Å². The van der Waals surface area contributed by atoms with Gasteiger partial charge in [-0.25, -0.2) is 0 Å². The monoisotopic (exact) mass is 230 g/mol. The highest BCUT2D eigenvalue weighted by Gasteiger charge is 2.34. The molecule has 0 radical (unpaired) electrons. The van der Waals surface area contributed by atoms with Crippen LogP contribution in [0, 0.1) is 0 Å². The van der Waals surface area contributed by atoms with E-state index in [0.717, 1.165) is 19.4 Å². The van der Waals surface area contributed by atoms with Crippen LogP contribution < -0.4 is 0 Å². The zero-order valence-corrected chi connectivity index (χ0v) is 11.0. The van der Waals surface area contributed by atoms with Crippen LogP contribution in [0.25, 0.3) is 0 Å². The van der Waals surface area contributed by atoms with Gasteiger partial charge in [-0.15, -0.1) is 0 Å². The standard InChI is InChI=1S/C12H26N2O2/c1-5-12(2,16)9-14-8-11(15)6-10(14)7-13(3)4/h10-11,15-16H,5-9H2,1-4H3. The van der Waals surface area contributed by atoms with Crippen molar-refractivity contribution in [2.75, 3.05) is 33.7 Å². The molecule has 0 amide bonds. The lowest BCUT2D eigenvalue weighted by Crippen LogP contribution is -2.46. The van der Waals surface area contributed by atoms with Crippen LogP contribution in [0.3, 0.4) is 0 Å². The molecule has 1 rings (SSSR count). The fourth-order valence-corrected chi connectivity index (χ4v) is 2.31. The molecular weight excluding hydrogens is 204 g/mol. The number of likely N-dealkylation sites (N-methyl/N-ethyl adjacent to an activating group) is 1. The van der Waals surface area contributed by atoms with E-state index < -0.39 is 5.60 Å². The van der Waals surface area contributed by atoms with Crippen LogP contribution in [0.2, 0.25) is 0 Å². The molecule has 4 nitrogen and oxygen atoms in total. The van der Waals surface area contributed by atoms with Gasteiger partial charge in [0.2, 0.25) is 0 Å². The van der Waals surface area contributed by atoms with Crippen LogP contribution in [0.5, 0.6) is 0 Å². The molecule has 1 aliphatic rings. The van der Waals surface area contributed by atoms with Crippen LogP contribution in [-0.4, -0.2) is 71.5 Å². The lowest BCUT2D eigenvalue weighted by molar-refractivity contribution is 0.00795. The maximum atomic E-state index is 10.1. The van der Waals surface area contributed by atoms with Crippen LogP contribution in [0.15, 0.2) is 0 Å². The van der Waals surface area contributed by atoms with Crippen LogP contribution >= 0.6 is 0 Å². The minimum absolute atomic E-state index is 0.238. The summed E-state index contributed by atoms with van der Waals surface area (Å²) < 4.78 is 0. The Balaban J connectivity index is 2.55. The molecule has 2 N–H and O–H groups in total. The quantitative estimate of drug-likeness (QED) is 0.705. The van der Waals surface area contributed by atoms with Crippen molar-refractivity contribution >= 4 is 0 Å². The number of likely N-dealkylation sites (tertiary alicyclic amines) is 1.